The summed E-state index contributed by atoms with van der Waals surface area (Å²) < 4.78 is 0. The van der Waals surface area contributed by atoms with Crippen LogP contribution in [-0.2, 0) is 6.42 Å². The Labute approximate surface area is 112 Å². The van der Waals surface area contributed by atoms with Crippen molar-refractivity contribution in [1.82, 2.24) is 9.97 Å². The lowest BCUT2D eigenvalue weighted by Gasteiger charge is -2.20. The number of H-pyrrole nitrogens is 1. The zero-order chi connectivity index (χ0) is 12.1. The van der Waals surface area contributed by atoms with E-state index in [2.05, 4.69) is 9.97 Å². The van der Waals surface area contributed by atoms with Crippen LogP contribution in [0.15, 0.2) is 18.2 Å². The molecule has 0 amide bonds. The standard InChI is InChI=1S/C15H17ClN2/c16-12-3-4-13-14(8-12)18-15(17-13)7-11-6-9-1-2-10(11)5-9/h3-4,8-11H,1-2,5-7H2,(H,17,18). The van der Waals surface area contributed by atoms with Gasteiger partial charge in [-0.3, -0.25) is 0 Å². The molecule has 1 aromatic carbocycles. The minimum absolute atomic E-state index is 0.776. The number of hydrogen-bond donors (Lipinski definition) is 1. The van der Waals surface area contributed by atoms with E-state index in [1.807, 2.05) is 18.2 Å². The maximum absolute atomic E-state index is 6.00. The molecule has 4 rings (SSSR count). The molecule has 0 spiro atoms. The van der Waals surface area contributed by atoms with Crippen molar-refractivity contribution in [3.8, 4) is 0 Å². The average molecular weight is 261 g/mol. The van der Waals surface area contributed by atoms with E-state index in [0.717, 1.165) is 46.1 Å². The molecule has 1 N–H and O–H groups in total. The smallest absolute Gasteiger partial charge is 0.107 e. The largest absolute Gasteiger partial charge is 0.342 e. The summed E-state index contributed by atoms with van der Waals surface area (Å²) in [5.74, 6) is 3.98. The second kappa shape index (κ2) is 3.99. The topological polar surface area (TPSA) is 28.7 Å². The summed E-state index contributed by atoms with van der Waals surface area (Å²) in [5.41, 5.74) is 2.11. The minimum atomic E-state index is 0.776. The van der Waals surface area contributed by atoms with E-state index in [9.17, 15) is 0 Å². The molecule has 3 heteroatoms. The molecule has 18 heavy (non-hydrogen) atoms. The van der Waals surface area contributed by atoms with Gasteiger partial charge in [0, 0.05) is 11.4 Å². The zero-order valence-corrected chi connectivity index (χ0v) is 11.1. The number of nitrogens with one attached hydrogen (secondary N) is 1. The molecule has 2 saturated carbocycles. The van der Waals surface area contributed by atoms with Gasteiger partial charge < -0.3 is 4.98 Å². The predicted octanol–water partition coefficient (Wildman–Crippen LogP) is 4.20. The van der Waals surface area contributed by atoms with Crippen LogP contribution in [0, 0.1) is 17.8 Å². The normalized spacial score (nSPS) is 30.4. The summed E-state index contributed by atoms with van der Waals surface area (Å²) in [7, 11) is 0. The maximum atomic E-state index is 6.00. The maximum Gasteiger partial charge on any atom is 0.107 e. The minimum Gasteiger partial charge on any atom is -0.342 e. The highest BCUT2D eigenvalue weighted by Gasteiger charge is 2.39. The third-order valence-corrected chi connectivity index (χ3v) is 5.07. The monoisotopic (exact) mass is 260 g/mol. The van der Waals surface area contributed by atoms with Crippen molar-refractivity contribution in [3.05, 3.63) is 29.0 Å². The number of hydrogen-bond acceptors (Lipinski definition) is 1. The van der Waals surface area contributed by atoms with Crippen LogP contribution in [0.4, 0.5) is 0 Å². The summed E-state index contributed by atoms with van der Waals surface area (Å²) in [5, 5.41) is 0.776. The number of nitrogens with zero attached hydrogens (tertiary/aromatic N) is 1. The number of imidazole rings is 1. The van der Waals surface area contributed by atoms with Gasteiger partial charge in [-0.05, 0) is 55.2 Å². The highest BCUT2D eigenvalue weighted by atomic mass is 35.5. The van der Waals surface area contributed by atoms with Gasteiger partial charge in [0.2, 0.25) is 0 Å². The molecule has 2 nitrogen and oxygen atoms in total. The molecule has 1 heterocycles. The number of rotatable bonds is 2. The summed E-state index contributed by atoms with van der Waals surface area (Å²) in [6.45, 7) is 0. The predicted molar refractivity (Wildman–Crippen MR) is 73.7 cm³/mol. The quantitative estimate of drug-likeness (QED) is 0.862. The van der Waals surface area contributed by atoms with Gasteiger partial charge in [-0.25, -0.2) is 4.98 Å². The van der Waals surface area contributed by atoms with Crippen molar-refractivity contribution in [2.75, 3.05) is 0 Å². The lowest BCUT2D eigenvalue weighted by atomic mass is 9.86. The number of aromatic nitrogens is 2. The van der Waals surface area contributed by atoms with E-state index < -0.39 is 0 Å². The average Bonchev–Trinajstić information content (AvgIpc) is 3.02. The van der Waals surface area contributed by atoms with E-state index in [4.69, 9.17) is 11.6 Å². The molecule has 94 valence electrons. The van der Waals surface area contributed by atoms with E-state index in [1.54, 1.807) is 0 Å². The first-order valence-corrected chi connectivity index (χ1v) is 7.30. The molecule has 2 aliphatic rings. The summed E-state index contributed by atoms with van der Waals surface area (Å²) in [6, 6.07) is 5.87. The zero-order valence-electron chi connectivity index (χ0n) is 10.3. The summed E-state index contributed by atoms with van der Waals surface area (Å²) in [4.78, 5) is 8.11. The molecule has 0 aliphatic heterocycles. The molecule has 0 saturated heterocycles. The number of benzene rings is 1. The SMILES string of the molecule is Clc1ccc2nc(CC3CC4CCC3C4)[nH]c2c1. The first-order chi connectivity index (χ1) is 8.78. The summed E-state index contributed by atoms with van der Waals surface area (Å²) in [6.07, 6.45) is 6.92. The van der Waals surface area contributed by atoms with E-state index in [0.29, 0.717) is 0 Å². The first-order valence-electron chi connectivity index (χ1n) is 6.92. The third-order valence-electron chi connectivity index (χ3n) is 4.83. The fourth-order valence-electron chi connectivity index (χ4n) is 4.01. The van der Waals surface area contributed by atoms with Gasteiger partial charge in [0.15, 0.2) is 0 Å². The van der Waals surface area contributed by atoms with Gasteiger partial charge in [0.05, 0.1) is 11.0 Å². The first kappa shape index (κ1) is 10.9. The van der Waals surface area contributed by atoms with Crippen LogP contribution in [0.3, 0.4) is 0 Å². The van der Waals surface area contributed by atoms with Crippen molar-refractivity contribution in [2.24, 2.45) is 17.8 Å². The molecule has 1 aromatic heterocycles. The van der Waals surface area contributed by atoms with Gasteiger partial charge in [0.25, 0.3) is 0 Å². The third kappa shape index (κ3) is 1.74. The lowest BCUT2D eigenvalue weighted by Crippen LogP contribution is -2.13. The van der Waals surface area contributed by atoms with Crippen molar-refractivity contribution < 1.29 is 0 Å². The van der Waals surface area contributed by atoms with Crippen LogP contribution >= 0.6 is 11.6 Å². The molecule has 2 fully saturated rings. The Balaban J connectivity index is 1.59. The number of fused-ring (bicyclic) bond motifs is 3. The lowest BCUT2D eigenvalue weighted by molar-refractivity contribution is 0.327. The van der Waals surface area contributed by atoms with Crippen LogP contribution in [0.25, 0.3) is 11.0 Å². The summed E-state index contributed by atoms with van der Waals surface area (Å²) >= 11 is 6.00. The van der Waals surface area contributed by atoms with Gasteiger partial charge in [0.1, 0.15) is 5.82 Å². The van der Waals surface area contributed by atoms with E-state index >= 15 is 0 Å². The Morgan fingerprint density at radius 1 is 1.28 bits per heavy atom. The molecule has 0 radical (unpaired) electrons. The Morgan fingerprint density at radius 2 is 2.22 bits per heavy atom. The Morgan fingerprint density at radius 3 is 3.00 bits per heavy atom. The molecule has 2 aromatic rings. The highest BCUT2D eigenvalue weighted by molar-refractivity contribution is 6.31. The molecule has 3 unspecified atom stereocenters. The Hall–Kier alpha value is -1.02. The fraction of sp³-hybridized carbons (Fsp3) is 0.533. The number of halogens is 1. The van der Waals surface area contributed by atoms with Crippen molar-refractivity contribution >= 4 is 22.6 Å². The van der Waals surface area contributed by atoms with Crippen LogP contribution in [-0.4, -0.2) is 9.97 Å². The molecule has 2 bridgehead atoms. The second-order valence-corrected chi connectivity index (χ2v) is 6.42. The second-order valence-electron chi connectivity index (χ2n) is 5.98. The van der Waals surface area contributed by atoms with Crippen molar-refractivity contribution in [3.63, 3.8) is 0 Å². The van der Waals surface area contributed by atoms with E-state index in [-0.39, 0.29) is 0 Å². The Bertz CT molecular complexity index is 589. The van der Waals surface area contributed by atoms with Gasteiger partial charge in [-0.2, -0.15) is 0 Å². The Kier molecular flexibility index (Phi) is 2.41. The molecular weight excluding hydrogens is 244 g/mol. The highest BCUT2D eigenvalue weighted by Crippen LogP contribution is 2.49. The van der Waals surface area contributed by atoms with Crippen LogP contribution < -0.4 is 0 Å². The van der Waals surface area contributed by atoms with Crippen LogP contribution in [0.5, 0.6) is 0 Å². The van der Waals surface area contributed by atoms with E-state index in [1.165, 1.54) is 25.7 Å². The van der Waals surface area contributed by atoms with Gasteiger partial charge in [-0.1, -0.05) is 18.0 Å². The molecule has 3 atom stereocenters. The fourth-order valence-corrected chi connectivity index (χ4v) is 4.18. The van der Waals surface area contributed by atoms with Crippen molar-refractivity contribution in [2.45, 2.75) is 32.1 Å². The number of aromatic amines is 1. The van der Waals surface area contributed by atoms with Gasteiger partial charge in [-0.15, -0.1) is 0 Å². The molecular formula is C15H17ClN2. The molecule has 2 aliphatic carbocycles. The van der Waals surface area contributed by atoms with Gasteiger partial charge >= 0.3 is 0 Å². The van der Waals surface area contributed by atoms with Crippen molar-refractivity contribution in [1.29, 1.82) is 0 Å². The van der Waals surface area contributed by atoms with Crippen LogP contribution in [0.2, 0.25) is 5.02 Å². The van der Waals surface area contributed by atoms with Crippen LogP contribution in [0.1, 0.15) is 31.5 Å².